The van der Waals surface area contributed by atoms with Crippen LogP contribution in [-0.4, -0.2) is 35.7 Å². The van der Waals surface area contributed by atoms with Gasteiger partial charge in [0.05, 0.1) is 11.1 Å². The molecular formula is C23H26N2O3. The maximum absolute atomic E-state index is 12.3. The first-order valence-corrected chi connectivity index (χ1v) is 9.75. The quantitative estimate of drug-likeness (QED) is 0.565. The molecule has 0 saturated carbocycles. The van der Waals surface area contributed by atoms with Gasteiger partial charge in [0.2, 0.25) is 5.91 Å². The van der Waals surface area contributed by atoms with Gasteiger partial charge in [-0.2, -0.15) is 0 Å². The number of benzene rings is 2. The highest BCUT2D eigenvalue weighted by atomic mass is 16.2. The van der Waals surface area contributed by atoms with Gasteiger partial charge < -0.3 is 5.32 Å². The summed E-state index contributed by atoms with van der Waals surface area (Å²) in [6.07, 6.45) is 2.58. The Kier molecular flexibility index (Phi) is 6.24. The van der Waals surface area contributed by atoms with E-state index in [0.717, 1.165) is 12.8 Å². The fraction of sp³-hybridized carbons (Fsp3) is 0.348. The Morgan fingerprint density at radius 2 is 1.64 bits per heavy atom. The Labute approximate surface area is 165 Å². The molecule has 0 bridgehead atoms. The Morgan fingerprint density at radius 1 is 0.964 bits per heavy atom. The Hall–Kier alpha value is -2.95. The molecule has 0 fully saturated rings. The molecule has 1 heterocycles. The predicted molar refractivity (Wildman–Crippen MR) is 108 cm³/mol. The standard InChI is InChI=1S/C23H26N2O3/c1-16-11-12-18(17(2)15-16)7-5-13-24-21(26)10-6-14-25-22(27)19-8-3-4-9-20(19)23(25)28/h3-4,8-9,11-12,15H,5-7,10,13-14H2,1-2H3,(H,24,26). The summed E-state index contributed by atoms with van der Waals surface area (Å²) < 4.78 is 0. The van der Waals surface area contributed by atoms with Crippen LogP contribution in [0.3, 0.4) is 0 Å². The SMILES string of the molecule is Cc1ccc(CCCNC(=O)CCCN2C(=O)c3ccccc3C2=O)c(C)c1. The Bertz CT molecular complexity index is 869. The fourth-order valence-electron chi connectivity index (χ4n) is 3.56. The van der Waals surface area contributed by atoms with Crippen molar-refractivity contribution in [3.8, 4) is 0 Å². The molecule has 146 valence electrons. The minimum atomic E-state index is -0.269. The smallest absolute Gasteiger partial charge is 0.261 e. The summed E-state index contributed by atoms with van der Waals surface area (Å²) in [4.78, 5) is 37.8. The molecule has 0 saturated heterocycles. The zero-order valence-electron chi connectivity index (χ0n) is 16.5. The van der Waals surface area contributed by atoms with Crippen LogP contribution in [0, 0.1) is 13.8 Å². The second-order valence-corrected chi connectivity index (χ2v) is 7.29. The van der Waals surface area contributed by atoms with E-state index >= 15 is 0 Å². The summed E-state index contributed by atoms with van der Waals surface area (Å²) in [5, 5.41) is 2.92. The minimum absolute atomic E-state index is 0.0442. The van der Waals surface area contributed by atoms with Crippen molar-refractivity contribution in [2.45, 2.75) is 39.5 Å². The molecule has 0 spiro atoms. The van der Waals surface area contributed by atoms with E-state index in [0.29, 0.717) is 30.5 Å². The van der Waals surface area contributed by atoms with Crippen molar-refractivity contribution in [1.82, 2.24) is 10.2 Å². The molecule has 0 atom stereocenters. The molecule has 1 aliphatic heterocycles. The Balaban J connectivity index is 1.36. The van der Waals surface area contributed by atoms with Crippen LogP contribution < -0.4 is 5.32 Å². The lowest BCUT2D eigenvalue weighted by atomic mass is 10.0. The first-order chi connectivity index (χ1) is 13.5. The van der Waals surface area contributed by atoms with E-state index in [4.69, 9.17) is 0 Å². The summed E-state index contributed by atoms with van der Waals surface area (Å²) in [7, 11) is 0. The highest BCUT2D eigenvalue weighted by Gasteiger charge is 2.34. The third-order valence-corrected chi connectivity index (χ3v) is 5.11. The second kappa shape index (κ2) is 8.83. The van der Waals surface area contributed by atoms with Crippen molar-refractivity contribution in [3.63, 3.8) is 0 Å². The molecule has 0 aliphatic carbocycles. The monoisotopic (exact) mass is 378 g/mol. The van der Waals surface area contributed by atoms with E-state index in [9.17, 15) is 14.4 Å². The average Bonchev–Trinajstić information content (AvgIpc) is 2.92. The molecule has 0 radical (unpaired) electrons. The molecule has 1 aliphatic rings. The van der Waals surface area contributed by atoms with E-state index in [-0.39, 0.29) is 24.3 Å². The number of carbonyl (C=O) groups excluding carboxylic acids is 3. The largest absolute Gasteiger partial charge is 0.356 e. The normalized spacial score (nSPS) is 13.0. The first kappa shape index (κ1) is 19.8. The van der Waals surface area contributed by atoms with Gasteiger partial charge in [-0.3, -0.25) is 19.3 Å². The molecule has 0 aromatic heterocycles. The maximum atomic E-state index is 12.3. The number of carbonyl (C=O) groups is 3. The average molecular weight is 378 g/mol. The zero-order valence-corrected chi connectivity index (χ0v) is 16.5. The number of nitrogens with one attached hydrogen (secondary N) is 1. The van der Waals surface area contributed by atoms with E-state index in [1.54, 1.807) is 24.3 Å². The number of hydrogen-bond acceptors (Lipinski definition) is 3. The first-order valence-electron chi connectivity index (χ1n) is 9.75. The number of amides is 3. The second-order valence-electron chi connectivity index (χ2n) is 7.29. The number of nitrogens with zero attached hydrogens (tertiary/aromatic N) is 1. The predicted octanol–water partition coefficient (Wildman–Crippen LogP) is 3.43. The molecule has 28 heavy (non-hydrogen) atoms. The van der Waals surface area contributed by atoms with E-state index in [1.165, 1.54) is 21.6 Å². The van der Waals surface area contributed by atoms with E-state index < -0.39 is 0 Å². The molecule has 5 nitrogen and oxygen atoms in total. The van der Waals surface area contributed by atoms with Crippen LogP contribution >= 0.6 is 0 Å². The van der Waals surface area contributed by atoms with Crippen LogP contribution in [0.15, 0.2) is 42.5 Å². The number of aryl methyl sites for hydroxylation is 3. The number of imide groups is 1. The van der Waals surface area contributed by atoms with Gasteiger partial charge in [0.1, 0.15) is 0 Å². The molecule has 2 aromatic carbocycles. The van der Waals surface area contributed by atoms with Gasteiger partial charge in [0, 0.05) is 19.5 Å². The summed E-state index contributed by atoms with van der Waals surface area (Å²) >= 11 is 0. The van der Waals surface area contributed by atoms with Crippen LogP contribution in [0.1, 0.15) is 56.7 Å². The van der Waals surface area contributed by atoms with Crippen LogP contribution in [0.25, 0.3) is 0 Å². The van der Waals surface area contributed by atoms with Crippen molar-refractivity contribution in [1.29, 1.82) is 0 Å². The fourth-order valence-corrected chi connectivity index (χ4v) is 3.56. The lowest BCUT2D eigenvalue weighted by Crippen LogP contribution is -2.32. The third-order valence-electron chi connectivity index (χ3n) is 5.11. The van der Waals surface area contributed by atoms with Crippen LogP contribution in [0.4, 0.5) is 0 Å². The highest BCUT2D eigenvalue weighted by molar-refractivity contribution is 6.21. The van der Waals surface area contributed by atoms with Crippen molar-refractivity contribution in [2.75, 3.05) is 13.1 Å². The molecule has 3 rings (SSSR count). The van der Waals surface area contributed by atoms with Crippen LogP contribution in [-0.2, 0) is 11.2 Å². The van der Waals surface area contributed by atoms with Crippen molar-refractivity contribution in [2.24, 2.45) is 0 Å². The molecule has 3 amide bonds. The van der Waals surface area contributed by atoms with Gasteiger partial charge >= 0.3 is 0 Å². The van der Waals surface area contributed by atoms with Gasteiger partial charge in [-0.15, -0.1) is 0 Å². The van der Waals surface area contributed by atoms with Crippen LogP contribution in [0.5, 0.6) is 0 Å². The van der Waals surface area contributed by atoms with Gasteiger partial charge in [-0.05, 0) is 56.4 Å². The number of rotatable bonds is 8. The summed E-state index contributed by atoms with van der Waals surface area (Å²) in [6, 6.07) is 13.3. The van der Waals surface area contributed by atoms with Crippen molar-refractivity contribution >= 4 is 17.7 Å². The highest BCUT2D eigenvalue weighted by Crippen LogP contribution is 2.22. The molecule has 0 unspecified atom stereocenters. The summed E-state index contributed by atoms with van der Waals surface area (Å²) in [5.74, 6) is -0.582. The van der Waals surface area contributed by atoms with Crippen molar-refractivity contribution < 1.29 is 14.4 Å². The molecule has 2 aromatic rings. The number of hydrogen-bond donors (Lipinski definition) is 1. The topological polar surface area (TPSA) is 66.5 Å². The molecule has 5 heteroatoms. The van der Waals surface area contributed by atoms with E-state index in [2.05, 4.69) is 37.4 Å². The Morgan fingerprint density at radius 3 is 2.29 bits per heavy atom. The lowest BCUT2D eigenvalue weighted by Gasteiger charge is -2.13. The third kappa shape index (κ3) is 4.47. The summed E-state index contributed by atoms with van der Waals surface area (Å²) in [6.45, 7) is 5.08. The molecular weight excluding hydrogens is 352 g/mol. The molecule has 1 N–H and O–H groups in total. The van der Waals surface area contributed by atoms with Gasteiger partial charge in [-0.1, -0.05) is 35.9 Å². The van der Waals surface area contributed by atoms with Crippen LogP contribution in [0.2, 0.25) is 0 Å². The van der Waals surface area contributed by atoms with Gasteiger partial charge in [0.25, 0.3) is 11.8 Å². The number of fused-ring (bicyclic) bond motifs is 1. The maximum Gasteiger partial charge on any atom is 0.261 e. The van der Waals surface area contributed by atoms with Gasteiger partial charge in [0.15, 0.2) is 0 Å². The summed E-state index contributed by atoms with van der Waals surface area (Å²) in [5.41, 5.74) is 4.75. The van der Waals surface area contributed by atoms with E-state index in [1.807, 2.05) is 0 Å². The lowest BCUT2D eigenvalue weighted by molar-refractivity contribution is -0.121. The van der Waals surface area contributed by atoms with Gasteiger partial charge in [-0.25, -0.2) is 0 Å². The van der Waals surface area contributed by atoms with Crippen molar-refractivity contribution in [3.05, 3.63) is 70.3 Å². The minimum Gasteiger partial charge on any atom is -0.356 e. The zero-order chi connectivity index (χ0) is 20.1.